The van der Waals surface area contributed by atoms with Crippen LogP contribution in [-0.2, 0) is 11.3 Å². The van der Waals surface area contributed by atoms with Crippen LogP contribution < -0.4 is 5.32 Å². The Morgan fingerprint density at radius 3 is 2.67 bits per heavy atom. The maximum atomic E-state index is 12.7. The normalized spacial score (nSPS) is 24.3. The average molecular weight is 311 g/mol. The second-order valence-corrected chi connectivity index (χ2v) is 5.72. The van der Waals surface area contributed by atoms with E-state index >= 15 is 0 Å². The number of ether oxygens (including phenoxy) is 1. The number of amides is 1. The summed E-state index contributed by atoms with van der Waals surface area (Å²) in [5.41, 5.74) is 1.90. The Morgan fingerprint density at radius 1 is 1.24 bits per heavy atom. The zero-order chi connectivity index (χ0) is 13.9. The number of rotatable bonds is 3. The quantitative estimate of drug-likeness (QED) is 0.931. The fourth-order valence-corrected chi connectivity index (χ4v) is 3.37. The summed E-state index contributed by atoms with van der Waals surface area (Å²) in [6.45, 7) is 2.55. The molecule has 116 valence electrons. The van der Waals surface area contributed by atoms with Gasteiger partial charge >= 0.3 is 0 Å². The zero-order valence-corrected chi connectivity index (χ0v) is 13.2. The highest BCUT2D eigenvalue weighted by Gasteiger charge is 2.38. The molecule has 2 aliphatic heterocycles. The Balaban J connectivity index is 0.00000161. The van der Waals surface area contributed by atoms with Gasteiger partial charge in [-0.05, 0) is 43.5 Å². The van der Waals surface area contributed by atoms with Crippen molar-refractivity contribution in [2.45, 2.75) is 38.0 Å². The van der Waals surface area contributed by atoms with Gasteiger partial charge in [0.05, 0.1) is 6.61 Å². The number of halogens is 1. The van der Waals surface area contributed by atoms with Gasteiger partial charge in [0.25, 0.3) is 5.91 Å². The highest BCUT2D eigenvalue weighted by molar-refractivity contribution is 5.95. The number of benzene rings is 1. The molecule has 0 aliphatic carbocycles. The summed E-state index contributed by atoms with van der Waals surface area (Å²) < 4.78 is 5.10. The van der Waals surface area contributed by atoms with Crippen LogP contribution in [0.5, 0.6) is 0 Å². The number of nitrogens with zero attached hydrogens (tertiary/aromatic N) is 1. The average Bonchev–Trinajstić information content (AvgIpc) is 2.72. The molecule has 1 amide bonds. The Labute approximate surface area is 132 Å². The molecule has 1 aromatic rings. The summed E-state index contributed by atoms with van der Waals surface area (Å²) in [7, 11) is 1.68. The first kappa shape index (κ1) is 16.3. The van der Waals surface area contributed by atoms with Gasteiger partial charge in [-0.2, -0.15) is 0 Å². The smallest absolute Gasteiger partial charge is 0.254 e. The first-order valence-electron chi connectivity index (χ1n) is 7.41. The van der Waals surface area contributed by atoms with Crippen LogP contribution in [0.4, 0.5) is 0 Å². The summed E-state index contributed by atoms with van der Waals surface area (Å²) in [4.78, 5) is 14.9. The number of carbonyl (C=O) groups is 1. The summed E-state index contributed by atoms with van der Waals surface area (Å²) in [6.07, 6.45) is 3.36. The van der Waals surface area contributed by atoms with Gasteiger partial charge in [0.1, 0.15) is 0 Å². The molecule has 0 saturated carbocycles. The SMILES string of the molecule is COCc1ccc(C(=O)N2C3CCNCC2CC3)cc1.Cl. The number of carbonyl (C=O) groups excluding carboxylic acids is 1. The number of hydrogen-bond donors (Lipinski definition) is 1. The molecule has 5 heteroatoms. The van der Waals surface area contributed by atoms with E-state index in [0.29, 0.717) is 18.7 Å². The lowest BCUT2D eigenvalue weighted by atomic mass is 10.1. The van der Waals surface area contributed by atoms with E-state index in [1.54, 1.807) is 7.11 Å². The molecule has 4 nitrogen and oxygen atoms in total. The van der Waals surface area contributed by atoms with Gasteiger partial charge in [0.2, 0.25) is 0 Å². The van der Waals surface area contributed by atoms with Crippen molar-refractivity contribution in [1.29, 1.82) is 0 Å². The van der Waals surface area contributed by atoms with E-state index in [1.165, 1.54) is 0 Å². The van der Waals surface area contributed by atoms with Crippen molar-refractivity contribution in [3.63, 3.8) is 0 Å². The molecule has 2 atom stereocenters. The van der Waals surface area contributed by atoms with Crippen molar-refractivity contribution in [2.24, 2.45) is 0 Å². The van der Waals surface area contributed by atoms with Gasteiger partial charge < -0.3 is 15.0 Å². The first-order chi connectivity index (χ1) is 9.79. The van der Waals surface area contributed by atoms with Gasteiger partial charge in [0.15, 0.2) is 0 Å². The molecule has 2 fully saturated rings. The Bertz CT molecular complexity index is 464. The largest absolute Gasteiger partial charge is 0.380 e. The molecule has 21 heavy (non-hydrogen) atoms. The van der Waals surface area contributed by atoms with E-state index in [1.807, 2.05) is 24.3 Å². The molecule has 0 aromatic heterocycles. The van der Waals surface area contributed by atoms with Crippen LogP contribution in [0.15, 0.2) is 24.3 Å². The number of hydrogen-bond acceptors (Lipinski definition) is 3. The van der Waals surface area contributed by atoms with Gasteiger partial charge in [-0.3, -0.25) is 4.79 Å². The van der Waals surface area contributed by atoms with Gasteiger partial charge in [-0.25, -0.2) is 0 Å². The van der Waals surface area contributed by atoms with Crippen LogP contribution in [0.3, 0.4) is 0 Å². The topological polar surface area (TPSA) is 41.6 Å². The predicted molar refractivity (Wildman–Crippen MR) is 84.9 cm³/mol. The van der Waals surface area contributed by atoms with Crippen molar-refractivity contribution in [3.8, 4) is 0 Å². The maximum Gasteiger partial charge on any atom is 0.254 e. The van der Waals surface area contributed by atoms with Gasteiger partial charge in [-0.1, -0.05) is 12.1 Å². The second-order valence-electron chi connectivity index (χ2n) is 5.72. The molecule has 0 radical (unpaired) electrons. The minimum Gasteiger partial charge on any atom is -0.380 e. The summed E-state index contributed by atoms with van der Waals surface area (Å²) in [6, 6.07) is 8.60. The highest BCUT2D eigenvalue weighted by Crippen LogP contribution is 2.29. The molecular formula is C16H23ClN2O2. The van der Waals surface area contributed by atoms with Crippen molar-refractivity contribution in [1.82, 2.24) is 10.2 Å². The van der Waals surface area contributed by atoms with Crippen molar-refractivity contribution < 1.29 is 9.53 Å². The monoisotopic (exact) mass is 310 g/mol. The van der Waals surface area contributed by atoms with Crippen molar-refractivity contribution in [2.75, 3.05) is 20.2 Å². The molecular weight excluding hydrogens is 288 g/mol. The molecule has 2 heterocycles. The Hall–Kier alpha value is -1.10. The maximum absolute atomic E-state index is 12.7. The van der Waals surface area contributed by atoms with E-state index in [2.05, 4.69) is 10.2 Å². The fraction of sp³-hybridized carbons (Fsp3) is 0.562. The molecule has 1 aromatic carbocycles. The lowest BCUT2D eigenvalue weighted by Gasteiger charge is -2.28. The summed E-state index contributed by atoms with van der Waals surface area (Å²) in [5, 5.41) is 3.43. The van der Waals surface area contributed by atoms with E-state index in [-0.39, 0.29) is 18.3 Å². The molecule has 3 rings (SSSR count). The third-order valence-electron chi connectivity index (χ3n) is 4.40. The lowest BCUT2D eigenvalue weighted by Crippen LogP contribution is -2.42. The van der Waals surface area contributed by atoms with E-state index in [4.69, 9.17) is 4.74 Å². The summed E-state index contributed by atoms with van der Waals surface area (Å²) in [5.74, 6) is 0.185. The molecule has 2 aliphatic rings. The molecule has 2 unspecified atom stereocenters. The van der Waals surface area contributed by atoms with E-state index in [0.717, 1.165) is 43.5 Å². The van der Waals surface area contributed by atoms with Crippen LogP contribution in [-0.4, -0.2) is 43.1 Å². The molecule has 0 spiro atoms. The third-order valence-corrected chi connectivity index (χ3v) is 4.40. The number of methoxy groups -OCH3 is 1. The van der Waals surface area contributed by atoms with Crippen LogP contribution >= 0.6 is 12.4 Å². The van der Waals surface area contributed by atoms with Crippen molar-refractivity contribution in [3.05, 3.63) is 35.4 Å². The number of nitrogens with one attached hydrogen (secondary N) is 1. The molecule has 1 N–H and O–H groups in total. The van der Waals surface area contributed by atoms with Crippen LogP contribution in [0.1, 0.15) is 35.2 Å². The molecule has 2 saturated heterocycles. The minimum absolute atomic E-state index is 0. The van der Waals surface area contributed by atoms with E-state index in [9.17, 15) is 4.79 Å². The highest BCUT2D eigenvalue weighted by atomic mass is 35.5. The fourth-order valence-electron chi connectivity index (χ4n) is 3.37. The standard InChI is InChI=1S/C16H22N2O2.ClH/c1-20-11-12-2-4-13(5-3-12)16(19)18-14-6-7-15(18)10-17-9-8-14;/h2-5,14-15,17H,6-11H2,1H3;1H. The predicted octanol–water partition coefficient (Wildman–Crippen LogP) is 2.22. The number of fused-ring (bicyclic) bond motifs is 2. The van der Waals surface area contributed by atoms with Crippen molar-refractivity contribution >= 4 is 18.3 Å². The molecule has 2 bridgehead atoms. The van der Waals surface area contributed by atoms with E-state index < -0.39 is 0 Å². The minimum atomic E-state index is 0. The van der Waals surface area contributed by atoms with Crippen LogP contribution in [0.25, 0.3) is 0 Å². The Kier molecular flexibility index (Phi) is 5.62. The Morgan fingerprint density at radius 2 is 1.95 bits per heavy atom. The zero-order valence-electron chi connectivity index (χ0n) is 12.4. The van der Waals surface area contributed by atoms with Crippen LogP contribution in [0, 0.1) is 0 Å². The lowest BCUT2D eigenvalue weighted by molar-refractivity contribution is 0.0680. The second kappa shape index (κ2) is 7.25. The third kappa shape index (κ3) is 3.39. The van der Waals surface area contributed by atoms with Gasteiger partial charge in [-0.15, -0.1) is 12.4 Å². The first-order valence-corrected chi connectivity index (χ1v) is 7.41. The van der Waals surface area contributed by atoms with Crippen LogP contribution in [0.2, 0.25) is 0 Å². The summed E-state index contributed by atoms with van der Waals surface area (Å²) >= 11 is 0. The van der Waals surface area contributed by atoms with Gasteiger partial charge in [0, 0.05) is 31.3 Å².